The summed E-state index contributed by atoms with van der Waals surface area (Å²) in [5.74, 6) is 0.863. The molecule has 0 radical (unpaired) electrons. The van der Waals surface area contributed by atoms with Crippen LogP contribution in [0.3, 0.4) is 0 Å². The van der Waals surface area contributed by atoms with E-state index in [1.807, 2.05) is 18.2 Å². The highest BCUT2D eigenvalue weighted by molar-refractivity contribution is 7.18. The van der Waals surface area contributed by atoms with Gasteiger partial charge in [0.1, 0.15) is 5.76 Å². The van der Waals surface area contributed by atoms with E-state index >= 15 is 0 Å². The lowest BCUT2D eigenvalue weighted by Crippen LogP contribution is -2.17. The van der Waals surface area contributed by atoms with Crippen molar-refractivity contribution in [3.8, 4) is 10.6 Å². The number of anilines is 1. The highest BCUT2D eigenvalue weighted by Crippen LogP contribution is 2.34. The Bertz CT molecular complexity index is 790. The molecule has 0 aromatic carbocycles. The number of nitrogens with zero attached hydrogens (tertiary/aromatic N) is 1. The fourth-order valence-corrected chi connectivity index (χ4v) is 3.97. The van der Waals surface area contributed by atoms with Crippen molar-refractivity contribution in [3.05, 3.63) is 46.0 Å². The summed E-state index contributed by atoms with van der Waals surface area (Å²) in [6.45, 7) is 4.78. The summed E-state index contributed by atoms with van der Waals surface area (Å²) in [4.78, 5) is 19.1. The normalized spacial score (nSPS) is 10.7. The molecule has 0 unspecified atom stereocenters. The standard InChI is InChI=1S/C16H17N3O2S2/c1-10-15(14-6-5-13(23-14)9-17-11(2)20)19-16(22-10)18-8-12-4-3-7-21-12/h3-7H,8-9H2,1-2H3,(H,17,20)(H,18,19). The molecule has 0 bridgehead atoms. The molecule has 0 aliphatic heterocycles. The molecular formula is C16H17N3O2S2. The van der Waals surface area contributed by atoms with Gasteiger partial charge in [0.2, 0.25) is 5.91 Å². The van der Waals surface area contributed by atoms with Crippen molar-refractivity contribution in [2.24, 2.45) is 0 Å². The maximum Gasteiger partial charge on any atom is 0.217 e. The van der Waals surface area contributed by atoms with Crippen LogP contribution >= 0.6 is 22.7 Å². The van der Waals surface area contributed by atoms with E-state index in [1.165, 1.54) is 11.8 Å². The molecule has 3 heterocycles. The Morgan fingerprint density at radius 1 is 1.26 bits per heavy atom. The van der Waals surface area contributed by atoms with E-state index in [2.05, 4.69) is 28.6 Å². The van der Waals surface area contributed by atoms with Gasteiger partial charge in [-0.1, -0.05) is 0 Å². The zero-order chi connectivity index (χ0) is 16.2. The smallest absolute Gasteiger partial charge is 0.217 e. The number of nitrogens with one attached hydrogen (secondary N) is 2. The molecule has 3 aromatic heterocycles. The van der Waals surface area contributed by atoms with E-state index in [-0.39, 0.29) is 5.91 Å². The van der Waals surface area contributed by atoms with Crippen molar-refractivity contribution >= 4 is 33.7 Å². The van der Waals surface area contributed by atoms with E-state index in [0.29, 0.717) is 13.1 Å². The Labute approximate surface area is 142 Å². The molecular weight excluding hydrogens is 330 g/mol. The van der Waals surface area contributed by atoms with Crippen LogP contribution in [0, 0.1) is 6.92 Å². The molecule has 0 saturated heterocycles. The largest absolute Gasteiger partial charge is 0.467 e. The van der Waals surface area contributed by atoms with Gasteiger partial charge < -0.3 is 15.1 Å². The predicted octanol–water partition coefficient (Wildman–Crippen LogP) is 4.02. The van der Waals surface area contributed by atoms with Crippen molar-refractivity contribution < 1.29 is 9.21 Å². The van der Waals surface area contributed by atoms with Gasteiger partial charge in [-0.3, -0.25) is 4.79 Å². The molecule has 5 nitrogen and oxygen atoms in total. The monoisotopic (exact) mass is 347 g/mol. The minimum absolute atomic E-state index is 0.0193. The molecule has 1 amide bonds. The number of furan rings is 1. The summed E-state index contributed by atoms with van der Waals surface area (Å²) in [6.07, 6.45) is 1.66. The summed E-state index contributed by atoms with van der Waals surface area (Å²) in [5, 5.41) is 6.98. The number of rotatable bonds is 6. The summed E-state index contributed by atoms with van der Waals surface area (Å²) in [7, 11) is 0. The lowest BCUT2D eigenvalue weighted by molar-refractivity contribution is -0.119. The van der Waals surface area contributed by atoms with Gasteiger partial charge in [0.05, 0.1) is 29.9 Å². The number of hydrogen-bond acceptors (Lipinski definition) is 6. The zero-order valence-corrected chi connectivity index (χ0v) is 14.5. The van der Waals surface area contributed by atoms with E-state index in [9.17, 15) is 4.79 Å². The van der Waals surface area contributed by atoms with Crippen LogP contribution in [0.4, 0.5) is 5.13 Å². The molecule has 0 fully saturated rings. The number of hydrogen-bond donors (Lipinski definition) is 2. The minimum atomic E-state index is -0.0193. The summed E-state index contributed by atoms with van der Waals surface area (Å²) < 4.78 is 5.31. The first-order valence-electron chi connectivity index (χ1n) is 7.19. The maximum atomic E-state index is 11.0. The van der Waals surface area contributed by atoms with Gasteiger partial charge in [0.25, 0.3) is 0 Å². The zero-order valence-electron chi connectivity index (χ0n) is 12.9. The van der Waals surface area contributed by atoms with E-state index in [0.717, 1.165) is 26.3 Å². The molecule has 3 rings (SSSR count). The first kappa shape index (κ1) is 15.8. The molecule has 0 aliphatic rings. The number of carbonyl (C=O) groups excluding carboxylic acids is 1. The Morgan fingerprint density at radius 2 is 2.13 bits per heavy atom. The third-order valence-corrected chi connectivity index (χ3v) is 5.22. The second-order valence-electron chi connectivity index (χ2n) is 5.03. The SMILES string of the molecule is CC(=O)NCc1ccc(-c2nc(NCc3ccco3)sc2C)s1. The van der Waals surface area contributed by atoms with Crippen molar-refractivity contribution in [1.29, 1.82) is 0 Å². The Hall–Kier alpha value is -2.12. The van der Waals surface area contributed by atoms with Crippen LogP contribution in [0.1, 0.15) is 22.4 Å². The molecule has 120 valence electrons. The van der Waals surface area contributed by atoms with Gasteiger partial charge in [-0.25, -0.2) is 4.98 Å². The quantitative estimate of drug-likeness (QED) is 0.707. The fraction of sp³-hybridized carbons (Fsp3) is 0.250. The van der Waals surface area contributed by atoms with Gasteiger partial charge in [0.15, 0.2) is 5.13 Å². The third-order valence-electron chi connectivity index (χ3n) is 3.20. The van der Waals surface area contributed by atoms with Crippen LogP contribution < -0.4 is 10.6 Å². The van der Waals surface area contributed by atoms with Crippen molar-refractivity contribution in [2.75, 3.05) is 5.32 Å². The van der Waals surface area contributed by atoms with E-state index in [1.54, 1.807) is 28.9 Å². The molecule has 3 aromatic rings. The molecule has 0 aliphatic carbocycles. The van der Waals surface area contributed by atoms with Crippen molar-refractivity contribution in [2.45, 2.75) is 26.9 Å². The van der Waals surface area contributed by atoms with Gasteiger partial charge in [-0.15, -0.1) is 22.7 Å². The lowest BCUT2D eigenvalue weighted by atomic mass is 10.3. The number of aromatic nitrogens is 1. The third kappa shape index (κ3) is 4.00. The van der Waals surface area contributed by atoms with Crippen LogP contribution in [0.5, 0.6) is 0 Å². The number of thiazole rings is 1. The van der Waals surface area contributed by atoms with Gasteiger partial charge in [0, 0.05) is 16.7 Å². The molecule has 0 spiro atoms. The molecule has 23 heavy (non-hydrogen) atoms. The van der Waals surface area contributed by atoms with E-state index < -0.39 is 0 Å². The average molecular weight is 347 g/mol. The molecule has 0 saturated carbocycles. The highest BCUT2D eigenvalue weighted by atomic mass is 32.1. The molecule has 2 N–H and O–H groups in total. The number of aryl methyl sites for hydroxylation is 1. The number of carbonyl (C=O) groups is 1. The van der Waals surface area contributed by atoms with Gasteiger partial charge in [-0.05, 0) is 31.2 Å². The molecule has 7 heteroatoms. The van der Waals surface area contributed by atoms with Crippen LogP contribution in [0.25, 0.3) is 10.6 Å². The molecule has 0 atom stereocenters. The Morgan fingerprint density at radius 3 is 2.87 bits per heavy atom. The fourth-order valence-electron chi connectivity index (χ4n) is 2.09. The minimum Gasteiger partial charge on any atom is -0.467 e. The first-order valence-corrected chi connectivity index (χ1v) is 8.82. The first-order chi connectivity index (χ1) is 11.1. The average Bonchev–Trinajstić information content (AvgIpc) is 3.24. The van der Waals surface area contributed by atoms with Crippen LogP contribution in [0.15, 0.2) is 34.9 Å². The predicted molar refractivity (Wildman–Crippen MR) is 93.7 cm³/mol. The van der Waals surface area contributed by atoms with Gasteiger partial charge in [-0.2, -0.15) is 0 Å². The highest BCUT2D eigenvalue weighted by Gasteiger charge is 2.12. The van der Waals surface area contributed by atoms with Crippen LogP contribution in [-0.2, 0) is 17.9 Å². The Balaban J connectivity index is 1.69. The second kappa shape index (κ2) is 6.97. The maximum absolute atomic E-state index is 11.0. The second-order valence-corrected chi connectivity index (χ2v) is 7.40. The Kier molecular flexibility index (Phi) is 4.78. The summed E-state index contributed by atoms with van der Waals surface area (Å²) >= 11 is 3.29. The number of thiophene rings is 1. The van der Waals surface area contributed by atoms with E-state index in [4.69, 9.17) is 4.42 Å². The van der Waals surface area contributed by atoms with Crippen LogP contribution in [-0.4, -0.2) is 10.9 Å². The number of amides is 1. The van der Waals surface area contributed by atoms with Crippen molar-refractivity contribution in [1.82, 2.24) is 10.3 Å². The van der Waals surface area contributed by atoms with Gasteiger partial charge >= 0.3 is 0 Å². The summed E-state index contributed by atoms with van der Waals surface area (Å²) in [6, 6.07) is 7.89. The lowest BCUT2D eigenvalue weighted by Gasteiger charge is -1.98. The van der Waals surface area contributed by atoms with Crippen molar-refractivity contribution in [3.63, 3.8) is 0 Å². The topological polar surface area (TPSA) is 67.2 Å². The van der Waals surface area contributed by atoms with Crippen LogP contribution in [0.2, 0.25) is 0 Å². The summed E-state index contributed by atoms with van der Waals surface area (Å²) in [5.41, 5.74) is 0.996.